The second-order valence-electron chi connectivity index (χ2n) is 8.27. The molecule has 4 rings (SSSR count). The van der Waals surface area contributed by atoms with Crippen LogP contribution in [-0.2, 0) is 17.6 Å². The second-order valence-corrected chi connectivity index (χ2v) is 9.69. The van der Waals surface area contributed by atoms with Crippen LogP contribution in [-0.4, -0.2) is 34.6 Å². The van der Waals surface area contributed by atoms with Gasteiger partial charge in [0.1, 0.15) is 0 Å². The molecule has 1 fully saturated rings. The summed E-state index contributed by atoms with van der Waals surface area (Å²) in [6, 6.07) is 5.92. The van der Waals surface area contributed by atoms with Gasteiger partial charge in [-0.3, -0.25) is 9.78 Å². The summed E-state index contributed by atoms with van der Waals surface area (Å²) in [6.45, 7) is 6.28. The Morgan fingerprint density at radius 3 is 2.74 bits per heavy atom. The number of piperidine rings is 1. The highest BCUT2D eigenvalue weighted by atomic mass is 35.5. The van der Waals surface area contributed by atoms with Gasteiger partial charge in [0.2, 0.25) is 5.91 Å². The number of benzene rings is 1. The number of hydrogen-bond donors (Lipinski definition) is 0. The summed E-state index contributed by atoms with van der Waals surface area (Å²) in [7, 11) is 0. The highest BCUT2D eigenvalue weighted by Crippen LogP contribution is 2.37. The molecule has 2 heterocycles. The maximum absolute atomic E-state index is 12.9. The molecule has 1 aliphatic heterocycles. The lowest BCUT2D eigenvalue weighted by atomic mass is 9.92. The van der Waals surface area contributed by atoms with Gasteiger partial charge in [-0.15, -0.1) is 11.8 Å². The third kappa shape index (κ3) is 4.12. The summed E-state index contributed by atoms with van der Waals surface area (Å²) >= 11 is 7.97. The van der Waals surface area contributed by atoms with Crippen LogP contribution in [0.25, 0.3) is 10.9 Å². The van der Waals surface area contributed by atoms with Crippen molar-refractivity contribution in [3.05, 3.63) is 34.5 Å². The zero-order valence-electron chi connectivity index (χ0n) is 16.1. The van der Waals surface area contributed by atoms with E-state index in [1.54, 1.807) is 11.8 Å². The predicted octanol–water partition coefficient (Wildman–Crippen LogP) is 5.36. The maximum Gasteiger partial charge on any atom is 0.232 e. The molecule has 27 heavy (non-hydrogen) atoms. The molecule has 2 atom stereocenters. The number of thioether (sulfide) groups is 1. The van der Waals surface area contributed by atoms with E-state index in [1.165, 1.54) is 35.4 Å². The SMILES string of the molecule is C[C@@H]1C[C@H](C)CN(C(=O)CSc2c3c(nc4ccc(Cl)cc24)CCCC3)C1. The number of nitrogens with zero attached hydrogens (tertiary/aromatic N) is 2. The smallest absolute Gasteiger partial charge is 0.232 e. The van der Waals surface area contributed by atoms with E-state index in [-0.39, 0.29) is 5.91 Å². The van der Waals surface area contributed by atoms with Gasteiger partial charge in [0.25, 0.3) is 0 Å². The topological polar surface area (TPSA) is 33.2 Å². The lowest BCUT2D eigenvalue weighted by molar-refractivity contribution is -0.130. The third-order valence-corrected chi connectivity index (χ3v) is 7.11. The van der Waals surface area contributed by atoms with Crippen LogP contribution in [0.5, 0.6) is 0 Å². The average molecular weight is 403 g/mol. The monoisotopic (exact) mass is 402 g/mol. The summed E-state index contributed by atoms with van der Waals surface area (Å²) < 4.78 is 0. The number of pyridine rings is 1. The minimum atomic E-state index is 0.259. The summed E-state index contributed by atoms with van der Waals surface area (Å²) in [5, 5.41) is 1.83. The molecule has 0 unspecified atom stereocenters. The van der Waals surface area contributed by atoms with Gasteiger partial charge in [-0.25, -0.2) is 0 Å². The van der Waals surface area contributed by atoms with Crippen LogP contribution in [0.4, 0.5) is 0 Å². The van der Waals surface area contributed by atoms with Crippen LogP contribution in [0.15, 0.2) is 23.1 Å². The van der Waals surface area contributed by atoms with E-state index >= 15 is 0 Å². The van der Waals surface area contributed by atoms with Gasteiger partial charge in [-0.1, -0.05) is 25.4 Å². The quantitative estimate of drug-likeness (QED) is 0.647. The molecule has 1 saturated heterocycles. The van der Waals surface area contributed by atoms with E-state index in [0.717, 1.165) is 41.9 Å². The molecule has 144 valence electrons. The first-order chi connectivity index (χ1) is 13.0. The molecular formula is C22H27ClN2OS. The fourth-order valence-corrected chi connectivity index (χ4v) is 5.95. The van der Waals surface area contributed by atoms with Crippen molar-refractivity contribution in [2.75, 3.05) is 18.8 Å². The lowest BCUT2D eigenvalue weighted by Crippen LogP contribution is -2.43. The Morgan fingerprint density at radius 1 is 1.22 bits per heavy atom. The molecule has 1 amide bonds. The van der Waals surface area contributed by atoms with Gasteiger partial charge in [-0.2, -0.15) is 0 Å². The Bertz CT molecular complexity index is 859. The summed E-state index contributed by atoms with van der Waals surface area (Å²) in [6.07, 6.45) is 5.71. The number of likely N-dealkylation sites (tertiary alicyclic amines) is 1. The number of carbonyl (C=O) groups excluding carboxylic acids is 1. The number of hydrogen-bond acceptors (Lipinski definition) is 3. The molecule has 5 heteroatoms. The Hall–Kier alpha value is -1.26. The first-order valence-electron chi connectivity index (χ1n) is 10.0. The summed E-state index contributed by atoms with van der Waals surface area (Å²) in [5.41, 5.74) is 3.55. The molecule has 0 N–H and O–H groups in total. The first-order valence-corrected chi connectivity index (χ1v) is 11.4. The molecule has 0 saturated carbocycles. The maximum atomic E-state index is 12.9. The van der Waals surface area contributed by atoms with Crippen molar-refractivity contribution in [1.82, 2.24) is 9.88 Å². The van der Waals surface area contributed by atoms with Gasteiger partial charge in [0.05, 0.1) is 11.3 Å². The molecular weight excluding hydrogens is 376 g/mol. The average Bonchev–Trinajstić information content (AvgIpc) is 2.64. The number of rotatable bonds is 3. The predicted molar refractivity (Wildman–Crippen MR) is 114 cm³/mol. The third-order valence-electron chi connectivity index (χ3n) is 5.73. The van der Waals surface area contributed by atoms with E-state index in [0.29, 0.717) is 17.6 Å². The fourth-order valence-electron chi connectivity index (χ4n) is 4.61. The molecule has 2 aliphatic rings. The van der Waals surface area contributed by atoms with Gasteiger partial charge < -0.3 is 4.90 Å². The number of amides is 1. The van der Waals surface area contributed by atoms with E-state index in [4.69, 9.17) is 16.6 Å². The van der Waals surface area contributed by atoms with Gasteiger partial charge in [0, 0.05) is 34.1 Å². The number of aromatic nitrogens is 1. The lowest BCUT2D eigenvalue weighted by Gasteiger charge is -2.35. The van der Waals surface area contributed by atoms with Crippen LogP contribution in [0.2, 0.25) is 5.02 Å². The van der Waals surface area contributed by atoms with Crippen LogP contribution in [0.1, 0.15) is 44.4 Å². The Balaban J connectivity index is 1.61. The summed E-state index contributed by atoms with van der Waals surface area (Å²) in [4.78, 5) is 21.1. The van der Waals surface area contributed by atoms with Crippen LogP contribution in [0.3, 0.4) is 0 Å². The first kappa shape index (κ1) is 19.1. The molecule has 1 aliphatic carbocycles. The number of carbonyl (C=O) groups is 1. The molecule has 0 bridgehead atoms. The van der Waals surface area contributed by atoms with Gasteiger partial charge in [-0.05, 0) is 67.7 Å². The van der Waals surface area contributed by atoms with E-state index < -0.39 is 0 Å². The molecule has 1 aromatic carbocycles. The van der Waals surface area contributed by atoms with Crippen LogP contribution >= 0.6 is 23.4 Å². The van der Waals surface area contributed by atoms with Crippen LogP contribution in [0, 0.1) is 11.8 Å². The zero-order valence-corrected chi connectivity index (χ0v) is 17.7. The van der Waals surface area contributed by atoms with Crippen molar-refractivity contribution in [2.45, 2.75) is 50.8 Å². The number of aryl methyl sites for hydroxylation is 1. The largest absolute Gasteiger partial charge is 0.341 e. The van der Waals surface area contributed by atoms with E-state index in [2.05, 4.69) is 18.7 Å². The minimum Gasteiger partial charge on any atom is -0.341 e. The zero-order chi connectivity index (χ0) is 19.0. The molecule has 2 aromatic rings. The molecule has 0 radical (unpaired) electrons. The molecule has 3 nitrogen and oxygen atoms in total. The van der Waals surface area contributed by atoms with Gasteiger partial charge >= 0.3 is 0 Å². The Labute approximate surface area is 170 Å². The van der Waals surface area contributed by atoms with Crippen molar-refractivity contribution in [1.29, 1.82) is 0 Å². The van der Waals surface area contributed by atoms with Crippen molar-refractivity contribution in [2.24, 2.45) is 11.8 Å². The molecule has 1 aromatic heterocycles. The fraction of sp³-hybridized carbons (Fsp3) is 0.545. The van der Waals surface area contributed by atoms with Crippen molar-refractivity contribution in [3.8, 4) is 0 Å². The standard InChI is InChI=1S/C22H27ClN2OS/c1-14-9-15(2)12-25(11-14)21(26)13-27-22-17-5-3-4-6-19(17)24-20-8-7-16(23)10-18(20)22/h7-8,10,14-15H,3-6,9,11-13H2,1-2H3/t14-,15+. The molecule has 0 spiro atoms. The van der Waals surface area contributed by atoms with Crippen molar-refractivity contribution < 1.29 is 4.79 Å². The van der Waals surface area contributed by atoms with Gasteiger partial charge in [0.15, 0.2) is 0 Å². The number of halogens is 1. The van der Waals surface area contributed by atoms with E-state index in [1.807, 2.05) is 18.2 Å². The Kier molecular flexibility index (Phi) is 5.65. The Morgan fingerprint density at radius 2 is 1.96 bits per heavy atom. The number of fused-ring (bicyclic) bond motifs is 2. The van der Waals surface area contributed by atoms with Crippen LogP contribution < -0.4 is 0 Å². The highest BCUT2D eigenvalue weighted by molar-refractivity contribution is 8.00. The normalized spacial score (nSPS) is 22.7. The summed E-state index contributed by atoms with van der Waals surface area (Å²) in [5.74, 6) is 1.94. The van der Waals surface area contributed by atoms with Crippen molar-refractivity contribution >= 4 is 40.2 Å². The van der Waals surface area contributed by atoms with E-state index in [9.17, 15) is 4.79 Å². The van der Waals surface area contributed by atoms with Crippen molar-refractivity contribution in [3.63, 3.8) is 0 Å². The second kappa shape index (κ2) is 8.00. The highest BCUT2D eigenvalue weighted by Gasteiger charge is 2.26. The minimum absolute atomic E-state index is 0.259.